The van der Waals surface area contributed by atoms with Gasteiger partial charge < -0.3 is 14.2 Å². The van der Waals surface area contributed by atoms with Crippen molar-refractivity contribution in [2.24, 2.45) is 11.8 Å². The van der Waals surface area contributed by atoms with Crippen LogP contribution in [0.4, 0.5) is 0 Å². The number of ether oxygens (including phenoxy) is 3. The number of hydrogen-bond donors (Lipinski definition) is 0. The Kier molecular flexibility index (Phi) is 8.54. The third-order valence-corrected chi connectivity index (χ3v) is 4.37. The van der Waals surface area contributed by atoms with Crippen LogP contribution >= 0.6 is 0 Å². The normalized spacial score (nSPS) is 30.7. The van der Waals surface area contributed by atoms with Crippen LogP contribution in [0.15, 0.2) is 0 Å². The Bertz CT molecular complexity index is 409. The molecule has 2 fully saturated rings. The molecule has 3 nitrogen and oxygen atoms in total. The first-order valence-corrected chi connectivity index (χ1v) is 9.15. The molecule has 0 bridgehead atoms. The van der Waals surface area contributed by atoms with Gasteiger partial charge in [-0.3, -0.25) is 0 Å². The fourth-order valence-corrected chi connectivity index (χ4v) is 3.12. The van der Waals surface area contributed by atoms with Crippen LogP contribution in [0.5, 0.6) is 0 Å². The van der Waals surface area contributed by atoms with Gasteiger partial charge in [-0.05, 0) is 25.7 Å². The van der Waals surface area contributed by atoms with Crippen molar-refractivity contribution < 1.29 is 14.2 Å². The predicted octanol–water partition coefficient (Wildman–Crippen LogP) is 4.12. The van der Waals surface area contributed by atoms with Gasteiger partial charge in [-0.25, -0.2) is 0 Å². The first-order valence-electron chi connectivity index (χ1n) is 9.15. The highest BCUT2D eigenvalue weighted by Crippen LogP contribution is 2.31. The molecule has 0 saturated carbocycles. The molecule has 4 atom stereocenters. The molecule has 2 saturated heterocycles. The van der Waals surface area contributed by atoms with E-state index >= 15 is 0 Å². The SMILES string of the molecule is CCC#CCC1CCCOC1OC1OCCCC1CC#CCC. The molecule has 2 rings (SSSR count). The van der Waals surface area contributed by atoms with Gasteiger partial charge in [0.1, 0.15) is 0 Å². The van der Waals surface area contributed by atoms with E-state index in [0.717, 1.165) is 64.6 Å². The zero-order valence-corrected chi connectivity index (χ0v) is 14.6. The van der Waals surface area contributed by atoms with Crippen LogP contribution in [-0.4, -0.2) is 25.8 Å². The third kappa shape index (κ3) is 6.19. The van der Waals surface area contributed by atoms with Gasteiger partial charge >= 0.3 is 0 Å². The molecule has 0 aromatic carbocycles. The fourth-order valence-electron chi connectivity index (χ4n) is 3.12. The lowest BCUT2D eigenvalue weighted by Gasteiger charge is -2.37. The van der Waals surface area contributed by atoms with E-state index in [1.54, 1.807) is 0 Å². The molecule has 0 aliphatic carbocycles. The van der Waals surface area contributed by atoms with Gasteiger partial charge in [0.25, 0.3) is 0 Å². The third-order valence-electron chi connectivity index (χ3n) is 4.37. The maximum Gasteiger partial charge on any atom is 0.164 e. The summed E-state index contributed by atoms with van der Waals surface area (Å²) in [5, 5.41) is 0. The minimum absolute atomic E-state index is 0.181. The monoisotopic (exact) mass is 318 g/mol. The van der Waals surface area contributed by atoms with Gasteiger partial charge in [0.2, 0.25) is 0 Å². The van der Waals surface area contributed by atoms with E-state index in [2.05, 4.69) is 37.5 Å². The van der Waals surface area contributed by atoms with E-state index in [1.165, 1.54) is 0 Å². The Hall–Kier alpha value is -1.00. The maximum atomic E-state index is 6.24. The van der Waals surface area contributed by atoms with Gasteiger partial charge in [-0.2, -0.15) is 0 Å². The molecule has 0 amide bonds. The molecular weight excluding hydrogens is 288 g/mol. The number of rotatable bonds is 4. The van der Waals surface area contributed by atoms with Crippen LogP contribution in [0.3, 0.4) is 0 Å². The van der Waals surface area contributed by atoms with Gasteiger partial charge in [0.15, 0.2) is 12.6 Å². The molecule has 2 aliphatic rings. The van der Waals surface area contributed by atoms with E-state index in [9.17, 15) is 0 Å². The molecule has 128 valence electrons. The van der Waals surface area contributed by atoms with Gasteiger partial charge in [-0.1, -0.05) is 13.8 Å². The summed E-state index contributed by atoms with van der Waals surface area (Å²) >= 11 is 0. The van der Waals surface area contributed by atoms with Crippen molar-refractivity contribution in [1.29, 1.82) is 0 Å². The Balaban J connectivity index is 1.92. The van der Waals surface area contributed by atoms with E-state index < -0.39 is 0 Å². The summed E-state index contributed by atoms with van der Waals surface area (Å²) in [6.45, 7) is 5.71. The molecule has 4 unspecified atom stereocenters. The summed E-state index contributed by atoms with van der Waals surface area (Å²) in [6.07, 6.45) is 7.58. The van der Waals surface area contributed by atoms with Crippen molar-refractivity contribution in [1.82, 2.24) is 0 Å². The average molecular weight is 318 g/mol. The second-order valence-corrected chi connectivity index (χ2v) is 6.24. The Labute approximate surface area is 141 Å². The topological polar surface area (TPSA) is 27.7 Å². The maximum absolute atomic E-state index is 6.24. The summed E-state index contributed by atoms with van der Waals surface area (Å²) in [5.74, 6) is 13.5. The van der Waals surface area contributed by atoms with E-state index in [4.69, 9.17) is 14.2 Å². The fraction of sp³-hybridized carbons (Fsp3) is 0.800. The van der Waals surface area contributed by atoms with Crippen molar-refractivity contribution in [2.45, 2.75) is 77.8 Å². The van der Waals surface area contributed by atoms with Crippen molar-refractivity contribution in [2.75, 3.05) is 13.2 Å². The molecule has 3 heteroatoms. The molecule has 0 spiro atoms. The van der Waals surface area contributed by atoms with Crippen molar-refractivity contribution >= 4 is 0 Å². The highest BCUT2D eigenvalue weighted by atomic mass is 16.8. The van der Waals surface area contributed by atoms with Crippen molar-refractivity contribution in [3.63, 3.8) is 0 Å². The van der Waals surface area contributed by atoms with Gasteiger partial charge in [-0.15, -0.1) is 23.7 Å². The lowest BCUT2D eigenvalue weighted by Crippen LogP contribution is -2.40. The lowest BCUT2D eigenvalue weighted by atomic mass is 9.95. The quantitative estimate of drug-likeness (QED) is 0.730. The first-order chi connectivity index (χ1) is 11.3. The summed E-state index contributed by atoms with van der Waals surface area (Å²) in [6, 6.07) is 0. The highest BCUT2D eigenvalue weighted by Gasteiger charge is 2.33. The van der Waals surface area contributed by atoms with Gasteiger partial charge in [0, 0.05) is 50.7 Å². The number of hydrogen-bond acceptors (Lipinski definition) is 3. The zero-order valence-electron chi connectivity index (χ0n) is 14.6. The Morgan fingerprint density at radius 3 is 1.70 bits per heavy atom. The molecule has 2 aliphatic heterocycles. The summed E-state index contributed by atoms with van der Waals surface area (Å²) in [5.41, 5.74) is 0. The predicted molar refractivity (Wildman–Crippen MR) is 91.4 cm³/mol. The standard InChI is InChI=1S/C20H30O3/c1-3-5-7-11-17-13-9-15-21-19(17)23-20-18(12-8-6-4-2)14-10-16-22-20/h17-20H,3-4,9-16H2,1-2H3. The molecule has 0 N–H and O–H groups in total. The summed E-state index contributed by atoms with van der Waals surface area (Å²) in [4.78, 5) is 0. The summed E-state index contributed by atoms with van der Waals surface area (Å²) in [7, 11) is 0. The van der Waals surface area contributed by atoms with Crippen LogP contribution in [0, 0.1) is 35.5 Å². The van der Waals surface area contributed by atoms with Crippen LogP contribution in [0.25, 0.3) is 0 Å². The average Bonchev–Trinajstić information content (AvgIpc) is 2.58. The van der Waals surface area contributed by atoms with Crippen LogP contribution in [0.1, 0.15) is 65.2 Å². The van der Waals surface area contributed by atoms with Crippen LogP contribution < -0.4 is 0 Å². The zero-order chi connectivity index (χ0) is 16.3. The molecule has 0 aromatic heterocycles. The second kappa shape index (κ2) is 10.7. The summed E-state index contributed by atoms with van der Waals surface area (Å²) < 4.78 is 18.0. The largest absolute Gasteiger partial charge is 0.352 e. The minimum atomic E-state index is -0.181. The second-order valence-electron chi connectivity index (χ2n) is 6.24. The molecule has 0 radical (unpaired) electrons. The lowest BCUT2D eigenvalue weighted by molar-refractivity contribution is -0.295. The molecule has 2 heterocycles. The highest BCUT2D eigenvalue weighted by molar-refractivity contribution is 5.01. The Morgan fingerprint density at radius 2 is 1.26 bits per heavy atom. The minimum Gasteiger partial charge on any atom is -0.352 e. The molecule has 0 aromatic rings. The van der Waals surface area contributed by atoms with Crippen LogP contribution in [0.2, 0.25) is 0 Å². The van der Waals surface area contributed by atoms with E-state index in [1.807, 2.05) is 0 Å². The van der Waals surface area contributed by atoms with E-state index in [0.29, 0.717) is 11.8 Å². The van der Waals surface area contributed by atoms with Gasteiger partial charge in [0.05, 0.1) is 0 Å². The first kappa shape index (κ1) is 18.3. The van der Waals surface area contributed by atoms with Crippen molar-refractivity contribution in [3.8, 4) is 23.7 Å². The van der Waals surface area contributed by atoms with Crippen LogP contribution in [-0.2, 0) is 14.2 Å². The smallest absolute Gasteiger partial charge is 0.164 e. The van der Waals surface area contributed by atoms with E-state index in [-0.39, 0.29) is 12.6 Å². The molecular formula is C20H30O3. The molecule has 23 heavy (non-hydrogen) atoms. The Morgan fingerprint density at radius 1 is 0.783 bits per heavy atom. The van der Waals surface area contributed by atoms with Crippen molar-refractivity contribution in [3.05, 3.63) is 0 Å².